The molecule has 0 aromatic heterocycles. The highest BCUT2D eigenvalue weighted by molar-refractivity contribution is 6.36. The molecular formula is C20H20Cl2N2O2. The summed E-state index contributed by atoms with van der Waals surface area (Å²) in [4.78, 5) is 27.2. The third kappa shape index (κ3) is 4.57. The highest BCUT2D eigenvalue weighted by Gasteiger charge is 2.32. The molecule has 0 spiro atoms. The van der Waals surface area contributed by atoms with E-state index in [2.05, 4.69) is 5.32 Å². The molecule has 1 fully saturated rings. The average Bonchev–Trinajstić information content (AvgIpc) is 2.65. The second-order valence-electron chi connectivity index (χ2n) is 6.37. The van der Waals surface area contributed by atoms with E-state index in [0.717, 1.165) is 18.4 Å². The number of carbonyl (C=O) groups is 2. The Balaban J connectivity index is 1.71. The first-order valence-corrected chi connectivity index (χ1v) is 9.39. The first-order chi connectivity index (χ1) is 12.5. The van der Waals surface area contributed by atoms with E-state index in [0.29, 0.717) is 35.1 Å². The largest absolute Gasteiger partial charge is 0.330 e. The molecule has 1 atom stereocenters. The topological polar surface area (TPSA) is 49.4 Å². The predicted molar refractivity (Wildman–Crippen MR) is 105 cm³/mol. The van der Waals surface area contributed by atoms with Crippen LogP contribution in [0.4, 0.5) is 5.69 Å². The van der Waals surface area contributed by atoms with Crippen LogP contribution in [0, 0.1) is 0 Å². The molecule has 1 aliphatic heterocycles. The van der Waals surface area contributed by atoms with Crippen LogP contribution in [0.15, 0.2) is 48.5 Å². The summed E-state index contributed by atoms with van der Waals surface area (Å²) in [6.45, 7) is 0.595. The number of hydrogen-bond donors (Lipinski definition) is 1. The standard InChI is InChI=1S/C20H20Cl2N2O2/c21-15-9-10-17(16(22)13-15)23-20(26)18-8-4-5-11-24(18)19(25)12-14-6-2-1-3-7-14/h1-3,6-7,9-10,13,18H,4-5,8,11-12H2,(H,23,26). The van der Waals surface area contributed by atoms with Crippen molar-refractivity contribution in [1.29, 1.82) is 0 Å². The molecule has 0 bridgehead atoms. The minimum absolute atomic E-state index is 0.0294. The Labute approximate surface area is 163 Å². The lowest BCUT2D eigenvalue weighted by molar-refractivity contribution is -0.139. The number of hydrogen-bond acceptors (Lipinski definition) is 2. The lowest BCUT2D eigenvalue weighted by Crippen LogP contribution is -2.50. The van der Waals surface area contributed by atoms with E-state index in [1.165, 1.54) is 0 Å². The molecule has 1 heterocycles. The van der Waals surface area contributed by atoms with Crippen molar-refractivity contribution in [3.63, 3.8) is 0 Å². The molecule has 1 aliphatic rings. The van der Waals surface area contributed by atoms with Crippen molar-refractivity contribution in [1.82, 2.24) is 4.90 Å². The van der Waals surface area contributed by atoms with E-state index in [-0.39, 0.29) is 11.8 Å². The second kappa shape index (κ2) is 8.56. The molecular weight excluding hydrogens is 371 g/mol. The van der Waals surface area contributed by atoms with Crippen molar-refractivity contribution < 1.29 is 9.59 Å². The van der Waals surface area contributed by atoms with Crippen molar-refractivity contribution in [3.8, 4) is 0 Å². The number of amides is 2. The first-order valence-electron chi connectivity index (χ1n) is 8.64. The van der Waals surface area contributed by atoms with E-state index in [9.17, 15) is 9.59 Å². The van der Waals surface area contributed by atoms with Crippen LogP contribution in [0.3, 0.4) is 0 Å². The van der Waals surface area contributed by atoms with Crippen molar-refractivity contribution in [2.75, 3.05) is 11.9 Å². The Morgan fingerprint density at radius 1 is 1.08 bits per heavy atom. The fraction of sp³-hybridized carbons (Fsp3) is 0.300. The Morgan fingerprint density at radius 2 is 1.85 bits per heavy atom. The number of carbonyl (C=O) groups excluding carboxylic acids is 2. The van der Waals surface area contributed by atoms with Gasteiger partial charge in [-0.1, -0.05) is 53.5 Å². The zero-order valence-electron chi connectivity index (χ0n) is 14.3. The highest BCUT2D eigenvalue weighted by atomic mass is 35.5. The van der Waals surface area contributed by atoms with Crippen LogP contribution in [0.25, 0.3) is 0 Å². The van der Waals surface area contributed by atoms with Gasteiger partial charge < -0.3 is 10.2 Å². The zero-order valence-corrected chi connectivity index (χ0v) is 15.8. The Morgan fingerprint density at radius 3 is 2.58 bits per heavy atom. The van der Waals surface area contributed by atoms with Gasteiger partial charge in [-0.25, -0.2) is 0 Å². The van der Waals surface area contributed by atoms with Crippen LogP contribution in [0.1, 0.15) is 24.8 Å². The number of rotatable bonds is 4. The van der Waals surface area contributed by atoms with E-state index < -0.39 is 6.04 Å². The molecule has 0 aliphatic carbocycles. The lowest BCUT2D eigenvalue weighted by Gasteiger charge is -2.35. The van der Waals surface area contributed by atoms with Crippen LogP contribution in [0.5, 0.6) is 0 Å². The Kier molecular flexibility index (Phi) is 6.17. The van der Waals surface area contributed by atoms with Crippen LogP contribution in [-0.2, 0) is 16.0 Å². The molecule has 2 aromatic rings. The van der Waals surface area contributed by atoms with Gasteiger partial charge in [0.25, 0.3) is 0 Å². The number of halogens is 2. The number of nitrogens with one attached hydrogen (secondary N) is 1. The molecule has 3 rings (SSSR count). The van der Waals surface area contributed by atoms with Gasteiger partial charge in [0.05, 0.1) is 17.1 Å². The monoisotopic (exact) mass is 390 g/mol. The molecule has 1 unspecified atom stereocenters. The van der Waals surface area contributed by atoms with Gasteiger partial charge in [0, 0.05) is 11.6 Å². The van der Waals surface area contributed by atoms with Crippen LogP contribution in [0.2, 0.25) is 10.0 Å². The quantitative estimate of drug-likeness (QED) is 0.831. The van der Waals surface area contributed by atoms with Gasteiger partial charge in [-0.2, -0.15) is 0 Å². The SMILES string of the molecule is O=C(Nc1ccc(Cl)cc1Cl)C1CCCCN1C(=O)Cc1ccccc1. The summed E-state index contributed by atoms with van der Waals surface area (Å²) in [7, 11) is 0. The summed E-state index contributed by atoms with van der Waals surface area (Å²) in [6.07, 6.45) is 2.78. The smallest absolute Gasteiger partial charge is 0.247 e. The van der Waals surface area contributed by atoms with Crippen LogP contribution < -0.4 is 5.32 Å². The maximum absolute atomic E-state index is 12.8. The van der Waals surface area contributed by atoms with Crippen molar-refractivity contribution in [2.24, 2.45) is 0 Å². The number of anilines is 1. The third-order valence-corrected chi connectivity index (χ3v) is 5.06. The molecule has 1 N–H and O–H groups in total. The van der Waals surface area contributed by atoms with Gasteiger partial charge >= 0.3 is 0 Å². The minimum atomic E-state index is -0.480. The highest BCUT2D eigenvalue weighted by Crippen LogP contribution is 2.27. The minimum Gasteiger partial charge on any atom is -0.330 e. The predicted octanol–water partition coefficient (Wildman–Crippen LogP) is 4.56. The fourth-order valence-electron chi connectivity index (χ4n) is 3.18. The molecule has 136 valence electrons. The normalized spacial score (nSPS) is 17.0. The molecule has 1 saturated heterocycles. The zero-order chi connectivity index (χ0) is 18.5. The summed E-state index contributed by atoms with van der Waals surface area (Å²) >= 11 is 12.0. The first kappa shape index (κ1) is 18.7. The van der Waals surface area contributed by atoms with Crippen molar-refractivity contribution >= 4 is 40.7 Å². The molecule has 2 aromatic carbocycles. The molecule has 26 heavy (non-hydrogen) atoms. The molecule has 0 radical (unpaired) electrons. The van der Waals surface area contributed by atoms with E-state index in [1.807, 2.05) is 30.3 Å². The Hall–Kier alpha value is -2.04. The van der Waals surface area contributed by atoms with Gasteiger partial charge in [-0.3, -0.25) is 9.59 Å². The maximum atomic E-state index is 12.8. The Bertz CT molecular complexity index is 796. The number of piperidine rings is 1. The van der Waals surface area contributed by atoms with Gasteiger partial charge in [-0.15, -0.1) is 0 Å². The lowest BCUT2D eigenvalue weighted by atomic mass is 10.00. The molecule has 2 amide bonds. The van der Waals surface area contributed by atoms with Crippen LogP contribution >= 0.6 is 23.2 Å². The maximum Gasteiger partial charge on any atom is 0.247 e. The summed E-state index contributed by atoms with van der Waals surface area (Å²) in [6, 6.07) is 14.0. The number of likely N-dealkylation sites (tertiary alicyclic amines) is 1. The summed E-state index contributed by atoms with van der Waals surface area (Å²) < 4.78 is 0. The van der Waals surface area contributed by atoms with Gasteiger partial charge in [0.2, 0.25) is 11.8 Å². The van der Waals surface area contributed by atoms with Gasteiger partial charge in [0.1, 0.15) is 6.04 Å². The van der Waals surface area contributed by atoms with Crippen molar-refractivity contribution in [3.05, 3.63) is 64.1 Å². The molecule has 6 heteroatoms. The fourth-order valence-corrected chi connectivity index (χ4v) is 3.64. The van der Waals surface area contributed by atoms with Gasteiger partial charge in [0.15, 0.2) is 0 Å². The second-order valence-corrected chi connectivity index (χ2v) is 7.22. The summed E-state index contributed by atoms with van der Waals surface area (Å²) in [5, 5.41) is 3.72. The summed E-state index contributed by atoms with van der Waals surface area (Å²) in [5.74, 6) is -0.242. The van der Waals surface area contributed by atoms with Crippen LogP contribution in [-0.4, -0.2) is 29.3 Å². The third-order valence-electron chi connectivity index (χ3n) is 4.51. The molecule has 4 nitrogen and oxygen atoms in total. The number of nitrogens with zero attached hydrogens (tertiary/aromatic N) is 1. The van der Waals surface area contributed by atoms with Gasteiger partial charge in [-0.05, 0) is 43.0 Å². The van der Waals surface area contributed by atoms with E-state index in [4.69, 9.17) is 23.2 Å². The number of benzene rings is 2. The summed E-state index contributed by atoms with van der Waals surface area (Å²) in [5.41, 5.74) is 1.45. The van der Waals surface area contributed by atoms with Crippen molar-refractivity contribution in [2.45, 2.75) is 31.7 Å². The van der Waals surface area contributed by atoms with E-state index >= 15 is 0 Å². The van der Waals surface area contributed by atoms with E-state index in [1.54, 1.807) is 23.1 Å². The average molecular weight is 391 g/mol. The molecule has 0 saturated carbocycles.